The Bertz CT molecular complexity index is 530. The van der Waals surface area contributed by atoms with Crippen molar-refractivity contribution < 1.29 is 9.50 Å². The fourth-order valence-electron chi connectivity index (χ4n) is 1.76. The van der Waals surface area contributed by atoms with E-state index in [1.807, 2.05) is 23.9 Å². The number of benzene rings is 1. The zero-order valence-corrected chi connectivity index (χ0v) is 11.6. The summed E-state index contributed by atoms with van der Waals surface area (Å²) in [5, 5.41) is 14.1. The van der Waals surface area contributed by atoms with Crippen LogP contribution < -0.4 is 0 Å². The van der Waals surface area contributed by atoms with Crippen LogP contribution in [0.5, 0.6) is 0 Å². The molecular formula is C14H17FN2OS. The second-order valence-electron chi connectivity index (χ2n) is 4.33. The summed E-state index contributed by atoms with van der Waals surface area (Å²) in [6.07, 6.45) is 3.83. The molecule has 0 aliphatic carbocycles. The van der Waals surface area contributed by atoms with Gasteiger partial charge < -0.3 is 5.11 Å². The fraction of sp³-hybridized carbons (Fsp3) is 0.357. The van der Waals surface area contributed by atoms with Crippen molar-refractivity contribution in [2.75, 3.05) is 5.75 Å². The van der Waals surface area contributed by atoms with Gasteiger partial charge in [0.05, 0.1) is 12.3 Å². The van der Waals surface area contributed by atoms with Gasteiger partial charge in [-0.15, -0.1) is 11.8 Å². The van der Waals surface area contributed by atoms with Crippen molar-refractivity contribution in [1.29, 1.82) is 0 Å². The Labute approximate surface area is 116 Å². The number of aryl methyl sites for hydroxylation is 1. The van der Waals surface area contributed by atoms with Gasteiger partial charge >= 0.3 is 0 Å². The predicted molar refractivity (Wildman–Crippen MR) is 74.7 cm³/mol. The molecule has 3 nitrogen and oxygen atoms in total. The molecule has 2 rings (SSSR count). The molecule has 0 fully saturated rings. The van der Waals surface area contributed by atoms with Crippen LogP contribution >= 0.6 is 11.8 Å². The molecule has 0 amide bonds. The Balaban J connectivity index is 1.82. The van der Waals surface area contributed by atoms with Crippen LogP contribution in [0.1, 0.15) is 12.5 Å². The summed E-state index contributed by atoms with van der Waals surface area (Å²) in [7, 11) is 0. The van der Waals surface area contributed by atoms with Crippen molar-refractivity contribution in [1.82, 2.24) is 9.78 Å². The van der Waals surface area contributed by atoms with E-state index in [4.69, 9.17) is 0 Å². The van der Waals surface area contributed by atoms with Crippen LogP contribution in [0.25, 0.3) is 0 Å². The molecule has 1 N–H and O–H groups in total. The van der Waals surface area contributed by atoms with Crippen molar-refractivity contribution in [3.8, 4) is 0 Å². The number of rotatable bonds is 6. The second kappa shape index (κ2) is 6.73. The molecule has 2 aromatic rings. The van der Waals surface area contributed by atoms with E-state index in [-0.39, 0.29) is 5.82 Å². The summed E-state index contributed by atoms with van der Waals surface area (Å²) in [6, 6.07) is 6.41. The Morgan fingerprint density at radius 2 is 2.32 bits per heavy atom. The molecule has 0 aliphatic heterocycles. The van der Waals surface area contributed by atoms with Gasteiger partial charge in [-0.05, 0) is 30.7 Å². The van der Waals surface area contributed by atoms with Crippen LogP contribution in [0.15, 0.2) is 41.6 Å². The van der Waals surface area contributed by atoms with E-state index in [0.717, 1.165) is 17.0 Å². The largest absolute Gasteiger partial charge is 0.392 e. The molecule has 0 saturated heterocycles. The molecule has 1 unspecified atom stereocenters. The first-order valence-corrected chi connectivity index (χ1v) is 7.23. The molecule has 1 atom stereocenters. The quantitative estimate of drug-likeness (QED) is 0.827. The maximum Gasteiger partial charge on any atom is 0.124 e. The number of hydrogen-bond donors (Lipinski definition) is 1. The monoisotopic (exact) mass is 280 g/mol. The number of hydrogen-bond acceptors (Lipinski definition) is 3. The number of aliphatic hydroxyl groups excluding tert-OH is 1. The second-order valence-corrected chi connectivity index (χ2v) is 5.42. The van der Waals surface area contributed by atoms with Crippen molar-refractivity contribution in [3.05, 3.63) is 48.0 Å². The average molecular weight is 280 g/mol. The minimum atomic E-state index is -0.456. The molecule has 0 aliphatic rings. The van der Waals surface area contributed by atoms with Crippen LogP contribution in [-0.4, -0.2) is 26.7 Å². The molecule has 0 bridgehead atoms. The lowest BCUT2D eigenvalue weighted by Crippen LogP contribution is -2.13. The van der Waals surface area contributed by atoms with Crippen molar-refractivity contribution >= 4 is 11.8 Å². The first kappa shape index (κ1) is 14.1. The molecule has 0 saturated carbocycles. The number of aromatic nitrogens is 2. The van der Waals surface area contributed by atoms with Crippen LogP contribution in [0.4, 0.5) is 4.39 Å². The Hall–Kier alpha value is -1.33. The first-order chi connectivity index (χ1) is 9.17. The molecule has 5 heteroatoms. The third-order valence-electron chi connectivity index (χ3n) is 2.72. The van der Waals surface area contributed by atoms with E-state index >= 15 is 0 Å². The Morgan fingerprint density at radius 3 is 3.00 bits per heavy atom. The summed E-state index contributed by atoms with van der Waals surface area (Å²) in [4.78, 5) is 0.836. The lowest BCUT2D eigenvalue weighted by Gasteiger charge is -2.08. The standard InChI is InChI=1S/C14H17FN2OS/c1-2-17-9-11(8-16-17)6-13(18)10-19-14-5-3-4-12(15)7-14/h3-5,7-9,13,18H,2,6,10H2,1H3. The highest BCUT2D eigenvalue weighted by atomic mass is 32.2. The van der Waals surface area contributed by atoms with Crippen molar-refractivity contribution in [3.63, 3.8) is 0 Å². The summed E-state index contributed by atoms with van der Waals surface area (Å²) >= 11 is 1.46. The van der Waals surface area contributed by atoms with E-state index in [9.17, 15) is 9.50 Å². The first-order valence-electron chi connectivity index (χ1n) is 6.25. The minimum Gasteiger partial charge on any atom is -0.392 e. The van der Waals surface area contributed by atoms with Gasteiger partial charge in [0.25, 0.3) is 0 Å². The van der Waals surface area contributed by atoms with Gasteiger partial charge in [-0.1, -0.05) is 6.07 Å². The zero-order chi connectivity index (χ0) is 13.7. The fourth-order valence-corrected chi connectivity index (χ4v) is 2.64. The summed E-state index contributed by atoms with van der Waals surface area (Å²) in [5.74, 6) is 0.296. The van der Waals surface area contributed by atoms with E-state index in [1.165, 1.54) is 23.9 Å². The van der Waals surface area contributed by atoms with Crippen LogP contribution in [0.3, 0.4) is 0 Å². The molecule has 1 aromatic carbocycles. The smallest absolute Gasteiger partial charge is 0.124 e. The molecule has 0 radical (unpaired) electrons. The molecule has 0 spiro atoms. The lowest BCUT2D eigenvalue weighted by molar-refractivity contribution is 0.200. The zero-order valence-electron chi connectivity index (χ0n) is 10.8. The molecule has 102 valence electrons. The van der Waals surface area contributed by atoms with Crippen molar-refractivity contribution in [2.45, 2.75) is 30.9 Å². The summed E-state index contributed by atoms with van der Waals surface area (Å²) in [6.45, 7) is 2.85. The molecular weight excluding hydrogens is 263 g/mol. The molecule has 1 heterocycles. The van der Waals surface area contributed by atoms with Crippen LogP contribution in [-0.2, 0) is 13.0 Å². The third kappa shape index (κ3) is 4.36. The van der Waals surface area contributed by atoms with Gasteiger partial charge in [-0.2, -0.15) is 5.10 Å². The van der Waals surface area contributed by atoms with E-state index in [1.54, 1.807) is 12.3 Å². The number of nitrogens with zero attached hydrogens (tertiary/aromatic N) is 2. The van der Waals surface area contributed by atoms with Gasteiger partial charge in [-0.3, -0.25) is 4.68 Å². The van der Waals surface area contributed by atoms with Crippen LogP contribution in [0.2, 0.25) is 0 Å². The molecule has 1 aromatic heterocycles. The van der Waals surface area contributed by atoms with Gasteiger partial charge in [0.1, 0.15) is 5.82 Å². The van der Waals surface area contributed by atoms with E-state index in [0.29, 0.717) is 12.2 Å². The Morgan fingerprint density at radius 1 is 1.47 bits per heavy atom. The summed E-state index contributed by atoms with van der Waals surface area (Å²) < 4.78 is 14.8. The minimum absolute atomic E-state index is 0.247. The maximum atomic E-state index is 13.0. The summed E-state index contributed by atoms with van der Waals surface area (Å²) in [5.41, 5.74) is 1.02. The van der Waals surface area contributed by atoms with E-state index in [2.05, 4.69) is 5.10 Å². The maximum absolute atomic E-state index is 13.0. The predicted octanol–water partition coefficient (Wildman–Crippen LogP) is 2.74. The Kier molecular flexibility index (Phi) is 4.99. The number of aliphatic hydroxyl groups is 1. The van der Waals surface area contributed by atoms with Gasteiger partial charge in [0.2, 0.25) is 0 Å². The highest BCUT2D eigenvalue weighted by Gasteiger charge is 2.08. The molecule has 19 heavy (non-hydrogen) atoms. The van der Waals surface area contributed by atoms with Gasteiger partial charge in [0, 0.05) is 29.8 Å². The lowest BCUT2D eigenvalue weighted by atomic mass is 10.2. The topological polar surface area (TPSA) is 38.0 Å². The third-order valence-corrected chi connectivity index (χ3v) is 3.86. The average Bonchev–Trinajstić information content (AvgIpc) is 2.84. The highest BCUT2D eigenvalue weighted by molar-refractivity contribution is 7.99. The van der Waals surface area contributed by atoms with E-state index < -0.39 is 6.10 Å². The number of halogens is 1. The van der Waals surface area contributed by atoms with Gasteiger partial charge in [-0.25, -0.2) is 4.39 Å². The normalized spacial score (nSPS) is 12.6. The van der Waals surface area contributed by atoms with Gasteiger partial charge in [0.15, 0.2) is 0 Å². The SMILES string of the molecule is CCn1cc(CC(O)CSc2cccc(F)c2)cn1. The van der Waals surface area contributed by atoms with Crippen LogP contribution in [0, 0.1) is 5.82 Å². The van der Waals surface area contributed by atoms with Crippen molar-refractivity contribution in [2.24, 2.45) is 0 Å². The number of thioether (sulfide) groups is 1. The highest BCUT2D eigenvalue weighted by Crippen LogP contribution is 2.20.